The highest BCUT2D eigenvalue weighted by molar-refractivity contribution is 5.79. The van der Waals surface area contributed by atoms with Gasteiger partial charge < -0.3 is 24.4 Å². The first-order valence-corrected chi connectivity index (χ1v) is 18.0. The number of aliphatic hydroxyl groups is 1. The number of likely N-dealkylation sites (tertiary alicyclic amines) is 1. The number of fused-ring (bicyclic) bond motifs is 2. The Hall–Kier alpha value is -3.11. The zero-order valence-corrected chi connectivity index (χ0v) is 28.5. The van der Waals surface area contributed by atoms with Crippen molar-refractivity contribution in [3.8, 4) is 0 Å². The summed E-state index contributed by atoms with van der Waals surface area (Å²) in [5.41, 5.74) is 2.90. The van der Waals surface area contributed by atoms with E-state index in [2.05, 4.69) is 22.0 Å². The van der Waals surface area contributed by atoms with E-state index in [-0.39, 0.29) is 17.8 Å². The SMILES string of the molecule is CCCCCCCCCCCCCC(=O)[O-].Cc1nc2n(c(=O)c1CCN1CCC(c3noc4cc(F)ccc34)CC1)CCCC2O. The third-order valence-electron chi connectivity index (χ3n) is 9.75. The number of benzene rings is 1. The smallest absolute Gasteiger partial charge is 0.257 e. The Morgan fingerprint density at radius 2 is 1.66 bits per heavy atom. The van der Waals surface area contributed by atoms with E-state index in [0.29, 0.717) is 36.7 Å². The van der Waals surface area contributed by atoms with Crippen molar-refractivity contribution in [1.82, 2.24) is 19.6 Å². The third kappa shape index (κ3) is 11.0. The number of aromatic nitrogens is 3. The summed E-state index contributed by atoms with van der Waals surface area (Å²) < 4.78 is 20.4. The van der Waals surface area contributed by atoms with Crippen LogP contribution >= 0.6 is 0 Å². The predicted molar refractivity (Wildman–Crippen MR) is 180 cm³/mol. The maximum atomic E-state index is 13.4. The van der Waals surface area contributed by atoms with Gasteiger partial charge in [-0.15, -0.1) is 0 Å². The van der Waals surface area contributed by atoms with Crippen molar-refractivity contribution in [3.63, 3.8) is 0 Å². The highest BCUT2D eigenvalue weighted by atomic mass is 19.1. The van der Waals surface area contributed by atoms with Crippen molar-refractivity contribution in [1.29, 1.82) is 0 Å². The zero-order valence-electron chi connectivity index (χ0n) is 28.5. The number of hydrogen-bond donors (Lipinski definition) is 1. The fourth-order valence-corrected chi connectivity index (χ4v) is 6.91. The van der Waals surface area contributed by atoms with Crippen LogP contribution in [0.15, 0.2) is 27.5 Å². The van der Waals surface area contributed by atoms with Crippen LogP contribution < -0.4 is 10.7 Å². The number of hydrogen-bond acceptors (Lipinski definition) is 8. The van der Waals surface area contributed by atoms with Gasteiger partial charge in [0.25, 0.3) is 5.56 Å². The number of carbonyl (C=O) groups is 1. The van der Waals surface area contributed by atoms with Crippen molar-refractivity contribution in [2.24, 2.45) is 0 Å². The molecular formula is C37H54FN4O5-. The number of rotatable bonds is 16. The van der Waals surface area contributed by atoms with E-state index in [1.54, 1.807) is 10.6 Å². The fraction of sp³-hybridized carbons (Fsp3) is 0.676. The van der Waals surface area contributed by atoms with Crippen LogP contribution in [-0.2, 0) is 17.8 Å². The lowest BCUT2D eigenvalue weighted by atomic mass is 9.91. The van der Waals surface area contributed by atoms with Gasteiger partial charge in [-0.1, -0.05) is 76.3 Å². The zero-order chi connectivity index (χ0) is 33.6. The molecule has 2 aromatic heterocycles. The number of halogens is 1. The van der Waals surface area contributed by atoms with E-state index in [9.17, 15) is 24.2 Å². The lowest BCUT2D eigenvalue weighted by Gasteiger charge is -2.31. The molecule has 0 radical (unpaired) electrons. The average Bonchev–Trinajstić information content (AvgIpc) is 3.47. The molecule has 1 atom stereocenters. The monoisotopic (exact) mass is 653 g/mol. The third-order valence-corrected chi connectivity index (χ3v) is 9.75. The first kappa shape index (κ1) is 36.7. The van der Waals surface area contributed by atoms with Crippen LogP contribution in [0.3, 0.4) is 0 Å². The van der Waals surface area contributed by atoms with Crippen molar-refractivity contribution in [3.05, 3.63) is 57.1 Å². The molecule has 1 unspecified atom stereocenters. The van der Waals surface area contributed by atoms with E-state index < -0.39 is 12.1 Å². The molecule has 0 aliphatic carbocycles. The van der Waals surface area contributed by atoms with Crippen LogP contribution in [0.1, 0.15) is 144 Å². The van der Waals surface area contributed by atoms with Gasteiger partial charge in [-0.2, -0.15) is 0 Å². The Balaban J connectivity index is 0.000000267. The van der Waals surface area contributed by atoms with E-state index in [1.807, 2.05) is 6.92 Å². The van der Waals surface area contributed by atoms with Gasteiger partial charge in [-0.25, -0.2) is 9.37 Å². The largest absolute Gasteiger partial charge is 0.550 e. The normalized spacial score (nSPS) is 17.0. The number of aliphatic carboxylic acids is 1. The first-order valence-electron chi connectivity index (χ1n) is 18.0. The molecule has 1 fully saturated rings. The molecule has 4 heterocycles. The second kappa shape index (κ2) is 19.0. The lowest BCUT2D eigenvalue weighted by Crippen LogP contribution is -2.37. The summed E-state index contributed by atoms with van der Waals surface area (Å²) in [5, 5.41) is 25.4. The quantitative estimate of drug-likeness (QED) is 0.173. The number of aliphatic hydroxyl groups excluding tert-OH is 1. The molecule has 10 heteroatoms. The molecule has 1 aromatic carbocycles. The van der Waals surface area contributed by atoms with Crippen LogP contribution in [0.25, 0.3) is 11.0 Å². The van der Waals surface area contributed by atoms with E-state index in [4.69, 9.17) is 4.52 Å². The molecule has 2 aliphatic rings. The van der Waals surface area contributed by atoms with Crippen molar-refractivity contribution in [2.45, 2.75) is 142 Å². The minimum Gasteiger partial charge on any atom is -0.550 e. The van der Waals surface area contributed by atoms with E-state index >= 15 is 0 Å². The number of aryl methyl sites for hydroxylation is 1. The summed E-state index contributed by atoms with van der Waals surface area (Å²) in [6, 6.07) is 4.58. The number of carboxylic acids is 1. The number of nitrogens with zero attached hydrogens (tertiary/aromatic N) is 4. The van der Waals surface area contributed by atoms with Gasteiger partial charge in [0.1, 0.15) is 17.7 Å². The Morgan fingerprint density at radius 3 is 2.32 bits per heavy atom. The van der Waals surface area contributed by atoms with Gasteiger partial charge in [0, 0.05) is 47.7 Å². The molecule has 1 N–H and O–H groups in total. The van der Waals surface area contributed by atoms with Gasteiger partial charge in [-0.3, -0.25) is 9.36 Å². The summed E-state index contributed by atoms with van der Waals surface area (Å²) in [4.78, 5) is 30.0. The Labute approximate surface area is 278 Å². The molecular weight excluding hydrogens is 599 g/mol. The number of carboxylic acid groups (broad SMARTS) is 1. The fourth-order valence-electron chi connectivity index (χ4n) is 6.91. The Morgan fingerprint density at radius 1 is 1.00 bits per heavy atom. The van der Waals surface area contributed by atoms with E-state index in [0.717, 1.165) is 74.1 Å². The van der Waals surface area contributed by atoms with Gasteiger partial charge in [-0.05, 0) is 77.1 Å². The summed E-state index contributed by atoms with van der Waals surface area (Å²) in [5.74, 6) is -0.418. The first-order chi connectivity index (χ1) is 22.8. The highest BCUT2D eigenvalue weighted by Gasteiger charge is 2.27. The summed E-state index contributed by atoms with van der Waals surface area (Å²) in [6.45, 7) is 7.37. The molecule has 0 saturated carbocycles. The molecule has 9 nitrogen and oxygen atoms in total. The molecule has 260 valence electrons. The molecule has 1 saturated heterocycles. The Bertz CT molecular complexity index is 1460. The number of carbonyl (C=O) groups excluding carboxylic acids is 1. The predicted octanol–water partition coefficient (Wildman–Crippen LogP) is 6.52. The van der Waals surface area contributed by atoms with Crippen LogP contribution in [0.5, 0.6) is 0 Å². The van der Waals surface area contributed by atoms with Crippen LogP contribution in [0, 0.1) is 12.7 Å². The minimum atomic E-state index is -0.907. The molecule has 0 bridgehead atoms. The van der Waals surface area contributed by atoms with Crippen LogP contribution in [0.4, 0.5) is 4.39 Å². The van der Waals surface area contributed by atoms with Gasteiger partial charge in [0.05, 0.1) is 5.69 Å². The summed E-state index contributed by atoms with van der Waals surface area (Å²) in [7, 11) is 0. The molecule has 2 aliphatic heterocycles. The van der Waals surface area contributed by atoms with Crippen LogP contribution in [0.2, 0.25) is 0 Å². The number of unbranched alkanes of at least 4 members (excludes halogenated alkanes) is 10. The molecule has 0 spiro atoms. The molecule has 3 aromatic rings. The average molecular weight is 654 g/mol. The summed E-state index contributed by atoms with van der Waals surface area (Å²) in [6.07, 6.45) is 17.4. The maximum absolute atomic E-state index is 13.4. The van der Waals surface area contributed by atoms with Crippen molar-refractivity contribution in [2.75, 3.05) is 19.6 Å². The van der Waals surface area contributed by atoms with Crippen molar-refractivity contribution < 1.29 is 23.9 Å². The number of piperidine rings is 1. The maximum Gasteiger partial charge on any atom is 0.257 e. The van der Waals surface area contributed by atoms with E-state index in [1.165, 1.54) is 69.9 Å². The van der Waals surface area contributed by atoms with Crippen molar-refractivity contribution >= 4 is 16.9 Å². The highest BCUT2D eigenvalue weighted by Crippen LogP contribution is 2.33. The molecule has 47 heavy (non-hydrogen) atoms. The molecule has 5 rings (SSSR count). The van der Waals surface area contributed by atoms with Gasteiger partial charge >= 0.3 is 0 Å². The topological polar surface area (TPSA) is 125 Å². The van der Waals surface area contributed by atoms with Gasteiger partial charge in [0.2, 0.25) is 0 Å². The Kier molecular flexibility index (Phi) is 14.9. The van der Waals surface area contributed by atoms with Gasteiger partial charge in [0.15, 0.2) is 5.58 Å². The second-order valence-electron chi connectivity index (χ2n) is 13.4. The summed E-state index contributed by atoms with van der Waals surface area (Å²) >= 11 is 0. The second-order valence-corrected chi connectivity index (χ2v) is 13.4. The molecule has 0 amide bonds. The minimum absolute atomic E-state index is 0.00237. The standard InChI is InChI=1S/C23H27FN4O3.C14H28O2/c1-14-17(23(30)28-9-2-3-19(29)22(28)25-14)8-12-27-10-6-15(7-11-27)21-18-5-4-16(24)13-20(18)31-26-21;1-2-3-4-5-6-7-8-9-10-11-12-13-14(15)16/h4-5,13,15,19,29H,2-3,6-12H2,1H3;2-13H2,1H3,(H,15,16)/p-1. The van der Waals surface area contributed by atoms with Crippen LogP contribution in [-0.4, -0.2) is 50.3 Å². The lowest BCUT2D eigenvalue weighted by molar-refractivity contribution is -0.305.